The molecule has 2 aromatic heterocycles. The number of nitrogens with zero attached hydrogens (tertiary/aromatic N) is 3. The number of imidazole rings is 1. The van der Waals surface area contributed by atoms with E-state index in [0.29, 0.717) is 30.9 Å². The van der Waals surface area contributed by atoms with Crippen LogP contribution in [0, 0.1) is 11.8 Å². The second-order valence-electron chi connectivity index (χ2n) is 4.28. The Balaban J connectivity index is 1.88. The van der Waals surface area contributed by atoms with Gasteiger partial charge in [-0.3, -0.25) is 4.79 Å². The Morgan fingerprint density at radius 3 is 3.10 bits per heavy atom. The summed E-state index contributed by atoms with van der Waals surface area (Å²) in [5.41, 5.74) is 0.566. The second-order valence-corrected chi connectivity index (χ2v) is 4.28. The lowest BCUT2D eigenvalue weighted by Gasteiger charge is -2.05. The van der Waals surface area contributed by atoms with Gasteiger partial charge < -0.3 is 15.0 Å². The minimum atomic E-state index is -0.114. The van der Waals surface area contributed by atoms with E-state index in [0.717, 1.165) is 0 Å². The van der Waals surface area contributed by atoms with E-state index < -0.39 is 0 Å². The SMILES string of the molecule is O=C(CCn1ccnc1)Nc1cccc(C#CCCO)n1. The zero-order valence-corrected chi connectivity index (χ0v) is 11.5. The zero-order chi connectivity index (χ0) is 14.9. The first-order chi connectivity index (χ1) is 10.3. The number of hydrogen-bond acceptors (Lipinski definition) is 4. The van der Waals surface area contributed by atoms with Gasteiger partial charge in [-0.2, -0.15) is 0 Å². The number of pyridine rings is 1. The van der Waals surface area contributed by atoms with Gasteiger partial charge in [0.05, 0.1) is 12.9 Å². The number of aromatic nitrogens is 3. The third-order valence-electron chi connectivity index (χ3n) is 2.63. The largest absolute Gasteiger partial charge is 0.395 e. The van der Waals surface area contributed by atoms with E-state index >= 15 is 0 Å². The van der Waals surface area contributed by atoms with E-state index in [1.54, 1.807) is 30.7 Å². The van der Waals surface area contributed by atoms with E-state index in [2.05, 4.69) is 27.1 Å². The third-order valence-corrected chi connectivity index (χ3v) is 2.63. The van der Waals surface area contributed by atoms with Gasteiger partial charge in [0.1, 0.15) is 11.5 Å². The molecular formula is C15H16N4O2. The quantitative estimate of drug-likeness (QED) is 0.804. The van der Waals surface area contributed by atoms with Crippen LogP contribution in [0.1, 0.15) is 18.5 Å². The van der Waals surface area contributed by atoms with Crippen molar-refractivity contribution in [3.05, 3.63) is 42.6 Å². The van der Waals surface area contributed by atoms with Crippen LogP contribution >= 0.6 is 0 Å². The topological polar surface area (TPSA) is 80.0 Å². The van der Waals surface area contributed by atoms with Crippen LogP contribution in [-0.4, -0.2) is 32.2 Å². The van der Waals surface area contributed by atoms with Gasteiger partial charge in [0.15, 0.2) is 0 Å². The molecule has 2 aromatic rings. The average Bonchev–Trinajstić information content (AvgIpc) is 2.99. The Morgan fingerprint density at radius 1 is 1.43 bits per heavy atom. The lowest BCUT2D eigenvalue weighted by molar-refractivity contribution is -0.116. The van der Waals surface area contributed by atoms with Crippen LogP contribution in [0.25, 0.3) is 0 Å². The first-order valence-corrected chi connectivity index (χ1v) is 6.60. The molecule has 6 nitrogen and oxygen atoms in total. The highest BCUT2D eigenvalue weighted by molar-refractivity contribution is 5.89. The van der Waals surface area contributed by atoms with Crippen molar-refractivity contribution in [2.75, 3.05) is 11.9 Å². The predicted molar refractivity (Wildman–Crippen MR) is 78.3 cm³/mol. The second kappa shape index (κ2) is 7.82. The molecule has 0 aromatic carbocycles. The molecule has 0 saturated carbocycles. The average molecular weight is 284 g/mol. The molecule has 0 unspecified atom stereocenters. The summed E-state index contributed by atoms with van der Waals surface area (Å²) < 4.78 is 1.84. The van der Waals surface area contributed by atoms with Crippen molar-refractivity contribution in [3.8, 4) is 11.8 Å². The smallest absolute Gasteiger partial charge is 0.227 e. The Kier molecular flexibility index (Phi) is 5.50. The van der Waals surface area contributed by atoms with Gasteiger partial charge in [0.25, 0.3) is 0 Å². The van der Waals surface area contributed by atoms with Gasteiger partial charge in [-0.15, -0.1) is 0 Å². The molecule has 0 atom stereocenters. The van der Waals surface area contributed by atoms with Crippen molar-refractivity contribution < 1.29 is 9.90 Å². The molecule has 108 valence electrons. The fourth-order valence-electron chi connectivity index (χ4n) is 1.64. The molecule has 0 aliphatic carbocycles. The maximum absolute atomic E-state index is 11.8. The van der Waals surface area contributed by atoms with Crippen molar-refractivity contribution in [3.63, 3.8) is 0 Å². The van der Waals surface area contributed by atoms with Gasteiger partial charge in [-0.1, -0.05) is 12.0 Å². The number of aryl methyl sites for hydroxylation is 1. The molecule has 0 saturated heterocycles. The molecule has 2 heterocycles. The molecule has 0 fully saturated rings. The highest BCUT2D eigenvalue weighted by atomic mass is 16.2. The number of rotatable bonds is 5. The van der Waals surface area contributed by atoms with Crippen molar-refractivity contribution >= 4 is 11.7 Å². The normalized spacial score (nSPS) is 9.76. The molecule has 0 spiro atoms. The van der Waals surface area contributed by atoms with Gasteiger partial charge in [0.2, 0.25) is 5.91 Å². The van der Waals surface area contributed by atoms with Crippen LogP contribution in [-0.2, 0) is 11.3 Å². The Hall–Kier alpha value is -2.65. The summed E-state index contributed by atoms with van der Waals surface area (Å²) in [6.07, 6.45) is 5.90. The first-order valence-electron chi connectivity index (χ1n) is 6.60. The summed E-state index contributed by atoms with van der Waals surface area (Å²) in [5, 5.41) is 11.4. The molecule has 0 aliphatic rings. The number of nitrogens with one attached hydrogen (secondary N) is 1. The summed E-state index contributed by atoms with van der Waals surface area (Å²) in [6.45, 7) is 0.597. The van der Waals surface area contributed by atoms with Gasteiger partial charge in [-0.25, -0.2) is 9.97 Å². The lowest BCUT2D eigenvalue weighted by atomic mass is 10.3. The number of amides is 1. The summed E-state index contributed by atoms with van der Waals surface area (Å²) in [5.74, 6) is 5.98. The highest BCUT2D eigenvalue weighted by Gasteiger charge is 2.04. The van der Waals surface area contributed by atoms with E-state index in [9.17, 15) is 4.79 Å². The van der Waals surface area contributed by atoms with Crippen LogP contribution in [0.3, 0.4) is 0 Å². The third kappa shape index (κ3) is 5.09. The van der Waals surface area contributed by atoms with Crippen molar-refractivity contribution in [2.45, 2.75) is 19.4 Å². The molecule has 21 heavy (non-hydrogen) atoms. The van der Waals surface area contributed by atoms with Crippen LogP contribution in [0.5, 0.6) is 0 Å². The van der Waals surface area contributed by atoms with Crippen LogP contribution in [0.2, 0.25) is 0 Å². The molecule has 6 heteroatoms. The van der Waals surface area contributed by atoms with Gasteiger partial charge in [0, 0.05) is 31.8 Å². The fourth-order valence-corrected chi connectivity index (χ4v) is 1.64. The minimum Gasteiger partial charge on any atom is -0.395 e. The van der Waals surface area contributed by atoms with Crippen LogP contribution in [0.15, 0.2) is 36.9 Å². The van der Waals surface area contributed by atoms with Crippen molar-refractivity contribution in [2.24, 2.45) is 0 Å². The standard InChI is InChI=1S/C15H16N4O2/c20-11-2-1-4-13-5-3-6-14(17-13)18-15(21)7-9-19-10-8-16-12-19/h3,5-6,8,10,12,20H,2,7,9,11H2,(H,17,18,21). The Bertz CT molecular complexity index is 641. The highest BCUT2D eigenvalue weighted by Crippen LogP contribution is 2.05. The number of carbonyl (C=O) groups is 1. The molecule has 1 amide bonds. The van der Waals surface area contributed by atoms with E-state index in [1.807, 2.05) is 10.8 Å². The van der Waals surface area contributed by atoms with Crippen LogP contribution < -0.4 is 5.32 Å². The molecule has 2 N–H and O–H groups in total. The summed E-state index contributed by atoms with van der Waals surface area (Å²) in [6, 6.07) is 5.25. The molecule has 2 rings (SSSR count). The van der Waals surface area contributed by atoms with E-state index in [-0.39, 0.29) is 12.5 Å². The maximum atomic E-state index is 11.8. The number of hydrogen-bond donors (Lipinski definition) is 2. The fraction of sp³-hybridized carbons (Fsp3) is 0.267. The number of aliphatic hydroxyl groups is 1. The summed E-state index contributed by atoms with van der Waals surface area (Å²) in [7, 11) is 0. The number of anilines is 1. The minimum absolute atomic E-state index is 0.0255. The predicted octanol–water partition coefficient (Wildman–Crippen LogP) is 1.04. The number of carbonyl (C=O) groups excluding carboxylic acids is 1. The summed E-state index contributed by atoms with van der Waals surface area (Å²) >= 11 is 0. The Morgan fingerprint density at radius 2 is 2.33 bits per heavy atom. The lowest BCUT2D eigenvalue weighted by Crippen LogP contribution is -2.15. The van der Waals surface area contributed by atoms with Crippen molar-refractivity contribution in [1.82, 2.24) is 14.5 Å². The summed E-state index contributed by atoms with van der Waals surface area (Å²) in [4.78, 5) is 20.0. The maximum Gasteiger partial charge on any atom is 0.227 e. The van der Waals surface area contributed by atoms with Crippen LogP contribution in [0.4, 0.5) is 5.82 Å². The van der Waals surface area contributed by atoms with Gasteiger partial charge >= 0.3 is 0 Å². The molecule has 0 radical (unpaired) electrons. The van der Waals surface area contributed by atoms with E-state index in [4.69, 9.17) is 5.11 Å². The molecule has 0 bridgehead atoms. The first kappa shape index (κ1) is 14.8. The zero-order valence-electron chi connectivity index (χ0n) is 11.5. The van der Waals surface area contributed by atoms with E-state index in [1.165, 1.54) is 0 Å². The van der Waals surface area contributed by atoms with Crippen molar-refractivity contribution in [1.29, 1.82) is 0 Å². The molecule has 0 aliphatic heterocycles. The Labute approximate surface area is 122 Å². The number of aliphatic hydroxyl groups excluding tert-OH is 1. The monoisotopic (exact) mass is 284 g/mol. The van der Waals surface area contributed by atoms with Gasteiger partial charge in [-0.05, 0) is 18.1 Å². The molecular weight excluding hydrogens is 268 g/mol.